The quantitative estimate of drug-likeness (QED) is 0.680. The van der Waals surface area contributed by atoms with E-state index >= 15 is 0 Å². The van der Waals surface area contributed by atoms with Gasteiger partial charge < -0.3 is 4.74 Å². The predicted molar refractivity (Wildman–Crippen MR) is 86.8 cm³/mol. The van der Waals surface area contributed by atoms with E-state index in [1.807, 2.05) is 32.0 Å². The van der Waals surface area contributed by atoms with Crippen LogP contribution >= 0.6 is 0 Å². The molecule has 0 aliphatic heterocycles. The molecule has 0 saturated heterocycles. The van der Waals surface area contributed by atoms with Crippen molar-refractivity contribution >= 4 is 16.2 Å². The number of hydrogen-bond donors (Lipinski definition) is 1. The molecular formula is C16H18N2O3S. The summed E-state index contributed by atoms with van der Waals surface area (Å²) in [6.07, 6.45) is 1.50. The van der Waals surface area contributed by atoms with Crippen molar-refractivity contribution in [2.24, 2.45) is 5.10 Å². The minimum absolute atomic E-state index is 0.131. The van der Waals surface area contributed by atoms with Crippen molar-refractivity contribution in [2.75, 3.05) is 7.11 Å². The first-order valence-corrected chi connectivity index (χ1v) is 8.17. The molecule has 1 N–H and O–H groups in total. The number of hydrogen-bond acceptors (Lipinski definition) is 4. The number of nitrogens with one attached hydrogen (secondary N) is 1. The topological polar surface area (TPSA) is 67.8 Å². The summed E-state index contributed by atoms with van der Waals surface area (Å²) in [5, 5.41) is 3.84. The highest BCUT2D eigenvalue weighted by molar-refractivity contribution is 7.89. The second-order valence-electron chi connectivity index (χ2n) is 4.89. The summed E-state index contributed by atoms with van der Waals surface area (Å²) in [6, 6.07) is 12.0. The van der Waals surface area contributed by atoms with E-state index in [0.29, 0.717) is 5.75 Å². The Morgan fingerprint density at radius 3 is 2.41 bits per heavy atom. The van der Waals surface area contributed by atoms with Gasteiger partial charge in [0.15, 0.2) is 0 Å². The molecule has 0 aromatic heterocycles. The molecule has 0 amide bonds. The molecule has 0 atom stereocenters. The van der Waals surface area contributed by atoms with Gasteiger partial charge in [-0.25, -0.2) is 4.83 Å². The van der Waals surface area contributed by atoms with Crippen LogP contribution in [0, 0.1) is 13.8 Å². The fourth-order valence-corrected chi connectivity index (χ4v) is 2.66. The van der Waals surface area contributed by atoms with Gasteiger partial charge in [0.1, 0.15) is 5.75 Å². The van der Waals surface area contributed by atoms with Gasteiger partial charge in [-0.1, -0.05) is 23.8 Å². The first-order chi connectivity index (χ1) is 10.4. The number of benzene rings is 2. The summed E-state index contributed by atoms with van der Waals surface area (Å²) in [4.78, 5) is 2.34. The molecule has 0 saturated carbocycles. The molecule has 5 nitrogen and oxygen atoms in total. The molecule has 0 heterocycles. The van der Waals surface area contributed by atoms with Crippen LogP contribution < -0.4 is 9.57 Å². The molecule has 0 fully saturated rings. The zero-order valence-electron chi connectivity index (χ0n) is 12.7. The Morgan fingerprint density at radius 2 is 1.77 bits per heavy atom. The maximum atomic E-state index is 12.1. The largest absolute Gasteiger partial charge is 0.497 e. The van der Waals surface area contributed by atoms with E-state index in [1.54, 1.807) is 12.1 Å². The smallest absolute Gasteiger partial charge is 0.276 e. The Labute approximate surface area is 130 Å². The molecule has 0 aliphatic rings. The third kappa shape index (κ3) is 3.85. The standard InChI is InChI=1S/C16H18N2O3S/c1-12-4-5-13(2)14(10-12)11-17-18-22(19,20)16-8-6-15(21-3)7-9-16/h4-11,18H,1-3H3/b17-11-. The van der Waals surface area contributed by atoms with Crippen LogP contribution in [0.4, 0.5) is 0 Å². The van der Waals surface area contributed by atoms with Crippen molar-refractivity contribution in [1.82, 2.24) is 4.83 Å². The minimum atomic E-state index is -3.68. The summed E-state index contributed by atoms with van der Waals surface area (Å²) in [6.45, 7) is 3.91. The van der Waals surface area contributed by atoms with E-state index in [-0.39, 0.29) is 4.90 Å². The van der Waals surface area contributed by atoms with Gasteiger partial charge in [-0.05, 0) is 49.2 Å². The molecule has 2 aromatic rings. The highest BCUT2D eigenvalue weighted by Gasteiger charge is 2.12. The van der Waals surface area contributed by atoms with Crippen LogP contribution in [-0.4, -0.2) is 21.7 Å². The first kappa shape index (κ1) is 16.0. The maximum absolute atomic E-state index is 12.1. The van der Waals surface area contributed by atoms with Gasteiger partial charge in [-0.3, -0.25) is 0 Å². The third-order valence-corrected chi connectivity index (χ3v) is 4.42. The van der Waals surface area contributed by atoms with Gasteiger partial charge in [-0.15, -0.1) is 0 Å². The lowest BCUT2D eigenvalue weighted by Gasteiger charge is -2.05. The summed E-state index contributed by atoms with van der Waals surface area (Å²) < 4.78 is 29.2. The fraction of sp³-hybridized carbons (Fsp3) is 0.188. The van der Waals surface area contributed by atoms with Crippen LogP contribution in [-0.2, 0) is 10.0 Å². The molecule has 6 heteroatoms. The van der Waals surface area contributed by atoms with Crippen molar-refractivity contribution < 1.29 is 13.2 Å². The maximum Gasteiger partial charge on any atom is 0.276 e. The monoisotopic (exact) mass is 318 g/mol. The Hall–Kier alpha value is -2.34. The third-order valence-electron chi connectivity index (χ3n) is 3.18. The summed E-state index contributed by atoms with van der Waals surface area (Å²) >= 11 is 0. The molecule has 0 bridgehead atoms. The lowest BCUT2D eigenvalue weighted by molar-refractivity contribution is 0.414. The Kier molecular flexibility index (Phi) is 4.82. The number of nitrogens with zero attached hydrogens (tertiary/aromatic N) is 1. The van der Waals surface area contributed by atoms with E-state index in [1.165, 1.54) is 25.5 Å². The Morgan fingerprint density at radius 1 is 1.09 bits per heavy atom. The van der Waals surface area contributed by atoms with E-state index in [2.05, 4.69) is 9.93 Å². The minimum Gasteiger partial charge on any atom is -0.497 e. The van der Waals surface area contributed by atoms with Crippen LogP contribution in [0.5, 0.6) is 5.75 Å². The molecule has 2 rings (SSSR count). The molecule has 116 valence electrons. The number of sulfonamides is 1. The molecule has 0 spiro atoms. The number of methoxy groups -OCH3 is 1. The van der Waals surface area contributed by atoms with Crippen LogP contribution in [0.3, 0.4) is 0 Å². The lowest BCUT2D eigenvalue weighted by Crippen LogP contribution is -2.18. The van der Waals surface area contributed by atoms with E-state index in [9.17, 15) is 8.42 Å². The molecule has 0 unspecified atom stereocenters. The Balaban J connectivity index is 2.14. The van der Waals surface area contributed by atoms with Crippen LogP contribution in [0.25, 0.3) is 0 Å². The zero-order chi connectivity index (χ0) is 16.2. The van der Waals surface area contributed by atoms with E-state index < -0.39 is 10.0 Å². The van der Waals surface area contributed by atoms with Crippen molar-refractivity contribution in [2.45, 2.75) is 18.7 Å². The van der Waals surface area contributed by atoms with Crippen LogP contribution in [0.15, 0.2) is 52.5 Å². The molecule has 22 heavy (non-hydrogen) atoms. The molecule has 2 aromatic carbocycles. The van der Waals surface area contributed by atoms with Gasteiger partial charge in [0, 0.05) is 0 Å². The average Bonchev–Trinajstić information content (AvgIpc) is 2.50. The molecular weight excluding hydrogens is 300 g/mol. The van der Waals surface area contributed by atoms with Crippen LogP contribution in [0.1, 0.15) is 16.7 Å². The lowest BCUT2D eigenvalue weighted by atomic mass is 10.1. The van der Waals surface area contributed by atoms with Gasteiger partial charge in [0.2, 0.25) is 0 Å². The summed E-state index contributed by atoms with van der Waals surface area (Å²) in [7, 11) is -2.16. The van der Waals surface area contributed by atoms with Crippen molar-refractivity contribution in [1.29, 1.82) is 0 Å². The second-order valence-corrected chi connectivity index (χ2v) is 6.55. The summed E-state index contributed by atoms with van der Waals surface area (Å²) in [5.74, 6) is 0.595. The van der Waals surface area contributed by atoms with E-state index in [4.69, 9.17) is 4.74 Å². The van der Waals surface area contributed by atoms with Crippen molar-refractivity contribution in [3.63, 3.8) is 0 Å². The molecule has 0 radical (unpaired) electrons. The van der Waals surface area contributed by atoms with Gasteiger partial charge in [-0.2, -0.15) is 13.5 Å². The van der Waals surface area contributed by atoms with Crippen molar-refractivity contribution in [3.8, 4) is 5.75 Å². The zero-order valence-corrected chi connectivity index (χ0v) is 13.5. The number of ether oxygens (including phenoxy) is 1. The number of rotatable bonds is 5. The highest BCUT2D eigenvalue weighted by atomic mass is 32.2. The molecule has 0 aliphatic carbocycles. The average molecular weight is 318 g/mol. The van der Waals surface area contributed by atoms with Crippen LogP contribution in [0.2, 0.25) is 0 Å². The van der Waals surface area contributed by atoms with Gasteiger partial charge in [0.25, 0.3) is 10.0 Å². The normalized spacial score (nSPS) is 11.6. The Bertz CT molecular complexity index is 782. The van der Waals surface area contributed by atoms with E-state index in [0.717, 1.165) is 16.7 Å². The number of aryl methyl sites for hydroxylation is 2. The fourth-order valence-electron chi connectivity index (χ4n) is 1.87. The first-order valence-electron chi connectivity index (χ1n) is 6.68. The SMILES string of the molecule is COc1ccc(S(=O)(=O)N/N=C\c2cc(C)ccc2C)cc1. The van der Waals surface area contributed by atoms with Gasteiger partial charge in [0.05, 0.1) is 18.2 Å². The summed E-state index contributed by atoms with van der Waals surface area (Å²) in [5.41, 5.74) is 2.99. The second kappa shape index (κ2) is 6.62. The predicted octanol–water partition coefficient (Wildman–Crippen LogP) is 2.62. The van der Waals surface area contributed by atoms with Crippen molar-refractivity contribution in [3.05, 3.63) is 59.2 Å². The van der Waals surface area contributed by atoms with Gasteiger partial charge >= 0.3 is 0 Å². The number of hydrazone groups is 1. The highest BCUT2D eigenvalue weighted by Crippen LogP contribution is 2.15.